The van der Waals surface area contributed by atoms with Crippen LogP contribution in [0, 0.1) is 56.7 Å². The summed E-state index contributed by atoms with van der Waals surface area (Å²) < 4.78 is 5.46. The second-order valence-corrected chi connectivity index (χ2v) is 21.2. The number of fused-ring (bicyclic) bond motifs is 1. The number of Topliss-reactive ketones (excluding diaryl/α,β-unsaturated/α-hetero) is 1. The molecule has 0 aromatic heterocycles. The predicted molar refractivity (Wildman–Crippen MR) is 221 cm³/mol. The number of carbonyl (C=O) groups is 2. The number of hydrogen-bond acceptors (Lipinski definition) is 5. The van der Waals surface area contributed by atoms with Gasteiger partial charge in [-0.2, -0.15) is 0 Å². The van der Waals surface area contributed by atoms with Crippen molar-refractivity contribution in [3.63, 3.8) is 0 Å². The number of ether oxygens (including phenoxy) is 1. The molecule has 9 atom stereocenters. The number of benzene rings is 2. The Balaban J connectivity index is 1.02. The van der Waals surface area contributed by atoms with Gasteiger partial charge in [-0.3, -0.25) is 4.79 Å². The van der Waals surface area contributed by atoms with Gasteiger partial charge in [-0.15, -0.1) is 0 Å². The molecule has 7 saturated carbocycles. The minimum Gasteiger partial charge on any atom is -0.497 e. The Morgan fingerprint density at radius 3 is 2.12 bits per heavy atom. The smallest absolute Gasteiger partial charge is 0.317 e. The minimum atomic E-state index is -1.12. The van der Waals surface area contributed by atoms with Crippen molar-refractivity contribution in [1.29, 1.82) is 0 Å². The zero-order valence-corrected chi connectivity index (χ0v) is 34.6. The van der Waals surface area contributed by atoms with Gasteiger partial charge in [-0.25, -0.2) is 4.79 Å². The molecule has 0 saturated heterocycles. The molecule has 10 aliphatic rings. The number of aliphatic hydroxyl groups is 2. The Bertz CT molecular complexity index is 1960. The van der Waals surface area contributed by atoms with Gasteiger partial charge in [0.05, 0.1) is 31.4 Å². The fraction of sp³-hybridized carbons (Fsp3) is 0.640. The van der Waals surface area contributed by atoms with Gasteiger partial charge in [-0.1, -0.05) is 62.4 Å². The van der Waals surface area contributed by atoms with Crippen LogP contribution >= 0.6 is 0 Å². The first-order valence-corrected chi connectivity index (χ1v) is 22.4. The number of amides is 2. The molecular weight excluding hydrogens is 709 g/mol. The highest BCUT2D eigenvalue weighted by Crippen LogP contribution is 2.78. The van der Waals surface area contributed by atoms with E-state index in [0.29, 0.717) is 31.5 Å². The monoisotopic (exact) mass is 772 g/mol. The minimum absolute atomic E-state index is 0.0214. The molecule has 0 heterocycles. The van der Waals surface area contributed by atoms with Gasteiger partial charge < -0.3 is 25.2 Å². The summed E-state index contributed by atoms with van der Waals surface area (Å²) in [7, 11) is 1.64. The number of nitrogens with zero attached hydrogens (tertiary/aromatic N) is 1. The number of allylic oxidation sites excluding steroid dienone is 4. The fourth-order valence-corrected chi connectivity index (χ4v) is 16.0. The Morgan fingerprint density at radius 1 is 0.825 bits per heavy atom. The maximum atomic E-state index is 15.1. The largest absolute Gasteiger partial charge is 0.497 e. The molecule has 9 unspecified atom stereocenters. The number of ketones is 1. The molecule has 2 aromatic rings. The van der Waals surface area contributed by atoms with E-state index < -0.39 is 22.5 Å². The normalized spacial score (nSPS) is 43.7. The van der Waals surface area contributed by atoms with Crippen LogP contribution in [0.1, 0.15) is 126 Å². The van der Waals surface area contributed by atoms with E-state index in [1.807, 2.05) is 42.5 Å². The lowest BCUT2D eigenvalue weighted by molar-refractivity contribution is -0.176. The molecule has 2 aromatic carbocycles. The van der Waals surface area contributed by atoms with Gasteiger partial charge in [0, 0.05) is 33.9 Å². The van der Waals surface area contributed by atoms with E-state index in [2.05, 4.69) is 61.3 Å². The highest BCUT2D eigenvalue weighted by molar-refractivity contribution is 6.10. The SMILES string of the molecule is COc1ccc(C(=O)C2=CC34C=CC25C(CCC2(C)C5CCC2(O)CN(CC25CC6CC(CC(C6)C2)C5)C(=O)NC(C)c2ccccc2)C3(C)CCC(O)C4)cc1. The van der Waals surface area contributed by atoms with E-state index in [1.165, 1.54) is 38.5 Å². The van der Waals surface area contributed by atoms with Gasteiger partial charge in [0.25, 0.3) is 0 Å². The Morgan fingerprint density at radius 2 is 1.46 bits per heavy atom. The molecule has 7 nitrogen and oxygen atoms in total. The zero-order valence-electron chi connectivity index (χ0n) is 34.6. The maximum Gasteiger partial charge on any atom is 0.317 e. The van der Waals surface area contributed by atoms with E-state index in [1.54, 1.807) is 7.11 Å². The number of methoxy groups -OCH3 is 1. The van der Waals surface area contributed by atoms with E-state index in [4.69, 9.17) is 4.74 Å². The fourth-order valence-electron chi connectivity index (χ4n) is 16.0. The lowest BCUT2D eigenvalue weighted by Crippen LogP contribution is -2.67. The average molecular weight is 773 g/mol. The van der Waals surface area contributed by atoms with E-state index in [9.17, 15) is 15.0 Å². The number of hydrogen-bond donors (Lipinski definition) is 3. The summed E-state index contributed by atoms with van der Waals surface area (Å²) in [5, 5.41) is 28.0. The van der Waals surface area contributed by atoms with Gasteiger partial charge >= 0.3 is 6.03 Å². The Kier molecular flexibility index (Phi) is 8.65. The first-order chi connectivity index (χ1) is 27.2. The first kappa shape index (κ1) is 37.8. The van der Waals surface area contributed by atoms with Gasteiger partial charge in [0.1, 0.15) is 5.75 Å². The van der Waals surface area contributed by atoms with Gasteiger partial charge in [0.15, 0.2) is 5.78 Å². The molecule has 0 aliphatic heterocycles. The second kappa shape index (κ2) is 13.0. The lowest BCUT2D eigenvalue weighted by atomic mass is 9.32. The summed E-state index contributed by atoms with van der Waals surface area (Å²) in [6.07, 6.45) is 19.7. The van der Waals surface area contributed by atoms with E-state index >= 15 is 4.79 Å². The third-order valence-corrected chi connectivity index (χ3v) is 18.4. The zero-order chi connectivity index (χ0) is 39.6. The second-order valence-electron chi connectivity index (χ2n) is 21.2. The molecule has 7 fully saturated rings. The number of carbonyl (C=O) groups excluding carboxylic acids is 2. The summed E-state index contributed by atoms with van der Waals surface area (Å²) in [5.74, 6) is 3.30. The molecule has 10 aliphatic carbocycles. The lowest BCUT2D eigenvalue weighted by Gasteiger charge is -2.71. The van der Waals surface area contributed by atoms with E-state index in [0.717, 1.165) is 66.7 Å². The molecule has 2 spiro atoms. The van der Waals surface area contributed by atoms with Crippen LogP contribution in [0.4, 0.5) is 4.79 Å². The van der Waals surface area contributed by atoms with Crippen LogP contribution in [0.5, 0.6) is 5.75 Å². The number of rotatable bonds is 9. The van der Waals surface area contributed by atoms with Crippen LogP contribution in [-0.2, 0) is 0 Å². The topological polar surface area (TPSA) is 99.1 Å². The standard InChI is InChI=1S/C50H64N2O5/c1-32(36-8-6-5-7-9-36)51-44(55)52(30-47-25-33-22-34(26-47)24-35(23-33)27-47)31-49(56)19-16-42-46(49,3)18-15-41-45(2)17-14-38(53)28-48(45)20-21-50(41,42)40(29-48)43(54)37-10-12-39(57-4)13-11-37/h5-13,20-21,29,32-35,38,41-42,53,56H,14-19,22-28,30-31H2,1-4H3,(H,51,55). The summed E-state index contributed by atoms with van der Waals surface area (Å²) in [5.41, 5.74) is 0.000167. The van der Waals surface area contributed by atoms with Crippen LogP contribution in [0.3, 0.4) is 0 Å². The van der Waals surface area contributed by atoms with Crippen molar-refractivity contribution in [1.82, 2.24) is 10.2 Å². The molecule has 2 amide bonds. The van der Waals surface area contributed by atoms with Crippen LogP contribution < -0.4 is 10.1 Å². The Labute approximate surface area is 339 Å². The maximum absolute atomic E-state index is 15.1. The molecule has 0 radical (unpaired) electrons. The molecule has 6 bridgehead atoms. The third kappa shape index (κ3) is 5.49. The van der Waals surface area contributed by atoms with Gasteiger partial charge in [-0.05, 0) is 161 Å². The summed E-state index contributed by atoms with van der Waals surface area (Å²) in [6.45, 7) is 7.80. The average Bonchev–Trinajstić information content (AvgIpc) is 3.46. The van der Waals surface area contributed by atoms with Crippen molar-refractivity contribution in [3.8, 4) is 5.75 Å². The van der Waals surface area contributed by atoms with E-state index in [-0.39, 0.29) is 45.9 Å². The summed E-state index contributed by atoms with van der Waals surface area (Å²) in [4.78, 5) is 31.9. The van der Waals surface area contributed by atoms with Crippen LogP contribution in [0.15, 0.2) is 78.4 Å². The number of nitrogens with one attached hydrogen (secondary N) is 1. The van der Waals surface area contributed by atoms with Crippen LogP contribution in [0.25, 0.3) is 0 Å². The molecule has 7 heteroatoms. The molecule has 3 N–H and O–H groups in total. The van der Waals surface area contributed by atoms with Crippen molar-refractivity contribution in [2.24, 2.45) is 56.7 Å². The predicted octanol–water partition coefficient (Wildman–Crippen LogP) is 9.46. The molecule has 12 rings (SSSR count). The third-order valence-electron chi connectivity index (χ3n) is 18.4. The van der Waals surface area contributed by atoms with Crippen LogP contribution in [0.2, 0.25) is 0 Å². The summed E-state index contributed by atoms with van der Waals surface area (Å²) >= 11 is 0. The van der Waals surface area contributed by atoms with Crippen molar-refractivity contribution >= 4 is 11.8 Å². The number of urea groups is 1. The van der Waals surface area contributed by atoms with Crippen molar-refractivity contribution in [2.45, 2.75) is 122 Å². The van der Waals surface area contributed by atoms with Crippen molar-refractivity contribution in [2.75, 3.05) is 20.2 Å². The molecule has 57 heavy (non-hydrogen) atoms. The number of aliphatic hydroxyl groups excluding tert-OH is 1. The summed E-state index contributed by atoms with van der Waals surface area (Å²) in [6, 6.07) is 17.5. The first-order valence-electron chi connectivity index (χ1n) is 22.4. The molecule has 304 valence electrons. The van der Waals surface area contributed by atoms with Crippen molar-refractivity contribution < 1.29 is 24.5 Å². The Hall–Kier alpha value is -3.42. The van der Waals surface area contributed by atoms with Crippen molar-refractivity contribution in [3.05, 3.63) is 89.5 Å². The highest BCUT2D eigenvalue weighted by atomic mass is 16.5. The highest BCUT2D eigenvalue weighted by Gasteiger charge is 2.74. The van der Waals surface area contributed by atoms with Crippen LogP contribution in [-0.4, -0.2) is 58.8 Å². The van der Waals surface area contributed by atoms with Gasteiger partial charge in [0.2, 0.25) is 0 Å². The quantitative estimate of drug-likeness (QED) is 0.174. The molecular formula is C50H64N2O5.